The number of nitrogens with zero attached hydrogens (tertiary/aromatic N) is 3. The van der Waals surface area contributed by atoms with Crippen LogP contribution in [-0.4, -0.2) is 38.3 Å². The minimum Gasteiger partial charge on any atom is -0.497 e. The Bertz CT molecular complexity index is 1410. The smallest absolute Gasteiger partial charge is 0.338 e. The van der Waals surface area contributed by atoms with Gasteiger partial charge < -0.3 is 14.4 Å². The van der Waals surface area contributed by atoms with Gasteiger partial charge in [0, 0.05) is 19.8 Å². The Labute approximate surface area is 201 Å². The predicted molar refractivity (Wildman–Crippen MR) is 134 cm³/mol. The first-order chi connectivity index (χ1) is 16.3. The van der Waals surface area contributed by atoms with E-state index in [1.165, 1.54) is 11.3 Å². The number of aromatic nitrogens is 1. The van der Waals surface area contributed by atoms with E-state index in [2.05, 4.69) is 4.99 Å². The van der Waals surface area contributed by atoms with Crippen LogP contribution in [0.15, 0.2) is 69.6 Å². The van der Waals surface area contributed by atoms with E-state index in [-0.39, 0.29) is 12.2 Å². The molecule has 0 saturated heterocycles. The van der Waals surface area contributed by atoms with Gasteiger partial charge in [0.1, 0.15) is 5.75 Å². The molecule has 0 amide bonds. The highest BCUT2D eigenvalue weighted by molar-refractivity contribution is 7.07. The molecule has 2 aromatic carbocycles. The number of hydrogen-bond acceptors (Lipinski definition) is 7. The lowest BCUT2D eigenvalue weighted by atomic mass is 9.96. The third kappa shape index (κ3) is 4.41. The molecule has 0 saturated carbocycles. The highest BCUT2D eigenvalue weighted by Crippen LogP contribution is 2.31. The van der Waals surface area contributed by atoms with E-state index < -0.39 is 12.0 Å². The van der Waals surface area contributed by atoms with Crippen LogP contribution >= 0.6 is 11.3 Å². The summed E-state index contributed by atoms with van der Waals surface area (Å²) in [7, 11) is 5.56. The van der Waals surface area contributed by atoms with Crippen molar-refractivity contribution in [2.45, 2.75) is 19.9 Å². The molecule has 2 heterocycles. The van der Waals surface area contributed by atoms with Crippen LogP contribution in [-0.2, 0) is 9.53 Å². The second kappa shape index (κ2) is 9.69. The quantitative estimate of drug-likeness (QED) is 0.511. The molecule has 0 bridgehead atoms. The fourth-order valence-corrected chi connectivity index (χ4v) is 4.96. The summed E-state index contributed by atoms with van der Waals surface area (Å²) < 4.78 is 12.7. The van der Waals surface area contributed by atoms with Gasteiger partial charge in [0.05, 0.1) is 35.6 Å². The Kier molecular flexibility index (Phi) is 6.70. The molecular weight excluding hydrogens is 450 g/mol. The molecule has 1 aromatic heterocycles. The van der Waals surface area contributed by atoms with E-state index >= 15 is 0 Å². The number of carbonyl (C=O) groups excluding carboxylic acids is 1. The fourth-order valence-electron chi connectivity index (χ4n) is 3.91. The van der Waals surface area contributed by atoms with Crippen molar-refractivity contribution in [1.29, 1.82) is 0 Å². The number of allylic oxidation sites excluding steroid dienone is 1. The van der Waals surface area contributed by atoms with Crippen molar-refractivity contribution in [2.75, 3.05) is 32.7 Å². The normalized spacial score (nSPS) is 15.6. The molecule has 0 N–H and O–H groups in total. The SMILES string of the molecule is CCOC(=O)C1=C(C)N=c2s/c(=C/c3ccc(N(C)C)cc3)c(=O)n2C1c1ccc(OC)cc1. The first-order valence-corrected chi connectivity index (χ1v) is 11.8. The van der Waals surface area contributed by atoms with E-state index in [0.29, 0.717) is 26.4 Å². The highest BCUT2D eigenvalue weighted by Gasteiger charge is 2.33. The number of methoxy groups -OCH3 is 1. The first-order valence-electron chi connectivity index (χ1n) is 10.9. The molecule has 1 unspecified atom stereocenters. The van der Waals surface area contributed by atoms with Crippen molar-refractivity contribution in [3.63, 3.8) is 0 Å². The third-order valence-electron chi connectivity index (χ3n) is 5.66. The second-order valence-electron chi connectivity index (χ2n) is 8.06. The maximum Gasteiger partial charge on any atom is 0.338 e. The minimum absolute atomic E-state index is 0.199. The number of ether oxygens (including phenoxy) is 2. The summed E-state index contributed by atoms with van der Waals surface area (Å²) >= 11 is 1.31. The third-order valence-corrected chi connectivity index (χ3v) is 6.64. The summed E-state index contributed by atoms with van der Waals surface area (Å²) in [5, 5.41) is 0. The van der Waals surface area contributed by atoms with Crippen molar-refractivity contribution >= 4 is 29.1 Å². The summed E-state index contributed by atoms with van der Waals surface area (Å²) in [6, 6.07) is 14.7. The van der Waals surface area contributed by atoms with Gasteiger partial charge in [-0.3, -0.25) is 9.36 Å². The Balaban J connectivity index is 1.89. The van der Waals surface area contributed by atoms with Crippen LogP contribution in [0.2, 0.25) is 0 Å². The molecule has 0 radical (unpaired) electrons. The number of fused-ring (bicyclic) bond motifs is 1. The molecule has 1 atom stereocenters. The predicted octanol–water partition coefficient (Wildman–Crippen LogP) is 2.87. The number of benzene rings is 2. The summed E-state index contributed by atoms with van der Waals surface area (Å²) in [6.45, 7) is 3.77. The Morgan fingerprint density at radius 1 is 1.15 bits per heavy atom. The zero-order valence-corrected chi connectivity index (χ0v) is 20.7. The van der Waals surface area contributed by atoms with Crippen LogP contribution in [0.4, 0.5) is 5.69 Å². The summed E-state index contributed by atoms with van der Waals surface area (Å²) in [6.07, 6.45) is 1.86. The van der Waals surface area contributed by atoms with Crippen LogP contribution < -0.4 is 24.5 Å². The van der Waals surface area contributed by atoms with Crippen molar-refractivity contribution in [3.05, 3.63) is 90.6 Å². The van der Waals surface area contributed by atoms with Crippen LogP contribution in [0, 0.1) is 0 Å². The summed E-state index contributed by atoms with van der Waals surface area (Å²) in [4.78, 5) is 33.7. The molecule has 8 heteroatoms. The second-order valence-corrected chi connectivity index (χ2v) is 9.07. The maximum absolute atomic E-state index is 13.6. The van der Waals surface area contributed by atoms with E-state index in [9.17, 15) is 9.59 Å². The number of esters is 1. The van der Waals surface area contributed by atoms with Crippen molar-refractivity contribution in [2.24, 2.45) is 4.99 Å². The lowest BCUT2D eigenvalue weighted by Gasteiger charge is -2.24. The van der Waals surface area contributed by atoms with Gasteiger partial charge in [-0.1, -0.05) is 35.6 Å². The Morgan fingerprint density at radius 3 is 2.41 bits per heavy atom. The Morgan fingerprint density at radius 2 is 1.82 bits per heavy atom. The van der Waals surface area contributed by atoms with Gasteiger partial charge in [-0.2, -0.15) is 0 Å². The number of carbonyl (C=O) groups is 1. The molecule has 4 rings (SSSR count). The number of thiazole rings is 1. The summed E-state index contributed by atoms with van der Waals surface area (Å²) in [5.41, 5.74) is 3.48. The van der Waals surface area contributed by atoms with E-state index in [4.69, 9.17) is 9.47 Å². The minimum atomic E-state index is -0.639. The molecule has 3 aromatic rings. The first kappa shape index (κ1) is 23.5. The standard InChI is InChI=1S/C26H27N3O4S/c1-6-33-25(31)22-16(2)27-26-29(23(22)18-9-13-20(32-5)14-10-18)24(30)21(34-26)15-17-7-11-19(12-8-17)28(3)4/h7-15,23H,6H2,1-5H3/b21-15+. The highest BCUT2D eigenvalue weighted by atomic mass is 32.1. The molecule has 176 valence electrons. The molecule has 7 nitrogen and oxygen atoms in total. The monoisotopic (exact) mass is 477 g/mol. The van der Waals surface area contributed by atoms with Crippen LogP contribution in [0.1, 0.15) is 31.0 Å². The zero-order chi connectivity index (χ0) is 24.4. The zero-order valence-electron chi connectivity index (χ0n) is 19.9. The molecule has 1 aliphatic rings. The van der Waals surface area contributed by atoms with Crippen molar-refractivity contribution in [3.8, 4) is 5.75 Å². The van der Waals surface area contributed by atoms with Gasteiger partial charge in [-0.05, 0) is 55.3 Å². The van der Waals surface area contributed by atoms with Gasteiger partial charge >= 0.3 is 5.97 Å². The van der Waals surface area contributed by atoms with E-state index in [0.717, 1.165) is 16.8 Å². The van der Waals surface area contributed by atoms with Gasteiger partial charge in [0.2, 0.25) is 0 Å². The van der Waals surface area contributed by atoms with Crippen LogP contribution in [0.3, 0.4) is 0 Å². The van der Waals surface area contributed by atoms with Crippen LogP contribution in [0.25, 0.3) is 6.08 Å². The van der Waals surface area contributed by atoms with Crippen LogP contribution in [0.5, 0.6) is 5.75 Å². The molecular formula is C26H27N3O4S. The molecule has 34 heavy (non-hydrogen) atoms. The van der Waals surface area contributed by atoms with Gasteiger partial charge in [-0.25, -0.2) is 9.79 Å². The molecule has 0 fully saturated rings. The van der Waals surface area contributed by atoms with Gasteiger partial charge in [0.25, 0.3) is 5.56 Å². The molecule has 0 aliphatic carbocycles. The Hall–Kier alpha value is -3.65. The van der Waals surface area contributed by atoms with E-state index in [1.54, 1.807) is 25.5 Å². The lowest BCUT2D eigenvalue weighted by molar-refractivity contribution is -0.139. The van der Waals surface area contributed by atoms with Crippen molar-refractivity contribution < 1.29 is 14.3 Å². The average molecular weight is 478 g/mol. The number of anilines is 1. The summed E-state index contributed by atoms with van der Waals surface area (Å²) in [5.74, 6) is 0.217. The molecule has 1 aliphatic heterocycles. The lowest BCUT2D eigenvalue weighted by Crippen LogP contribution is -2.39. The van der Waals surface area contributed by atoms with Gasteiger partial charge in [-0.15, -0.1) is 0 Å². The van der Waals surface area contributed by atoms with E-state index in [1.807, 2.05) is 73.6 Å². The fraction of sp³-hybridized carbons (Fsp3) is 0.269. The average Bonchev–Trinajstić information content (AvgIpc) is 3.13. The van der Waals surface area contributed by atoms with Gasteiger partial charge in [0.15, 0.2) is 4.80 Å². The largest absolute Gasteiger partial charge is 0.497 e. The van der Waals surface area contributed by atoms with Crippen molar-refractivity contribution in [1.82, 2.24) is 4.57 Å². The maximum atomic E-state index is 13.6. The number of rotatable bonds is 6. The molecule has 0 spiro atoms. The topological polar surface area (TPSA) is 73.1 Å². The number of hydrogen-bond donors (Lipinski definition) is 0.